The van der Waals surface area contributed by atoms with E-state index in [0.717, 1.165) is 42.6 Å². The number of amides is 3. The second-order valence-electron chi connectivity index (χ2n) is 8.53. The van der Waals surface area contributed by atoms with Crippen LogP contribution in [0.2, 0.25) is 0 Å². The van der Waals surface area contributed by atoms with Crippen molar-refractivity contribution in [3.63, 3.8) is 0 Å². The number of hydrogen-bond donors (Lipinski definition) is 2. The molecule has 0 spiro atoms. The summed E-state index contributed by atoms with van der Waals surface area (Å²) in [6.45, 7) is 1.76. The predicted molar refractivity (Wildman–Crippen MR) is 134 cm³/mol. The number of carbonyl (C=O) groups excluding carboxylic acids is 3. The fourth-order valence-corrected chi connectivity index (χ4v) is 4.91. The lowest BCUT2D eigenvalue weighted by atomic mass is 9.83. The minimum atomic E-state index is -1.19. The van der Waals surface area contributed by atoms with Crippen LogP contribution in [0.15, 0.2) is 48.5 Å². The number of benzene rings is 2. The van der Waals surface area contributed by atoms with E-state index in [9.17, 15) is 18.8 Å². The lowest BCUT2D eigenvalue weighted by Crippen LogP contribution is -2.56. The van der Waals surface area contributed by atoms with Gasteiger partial charge in [0.15, 0.2) is 0 Å². The van der Waals surface area contributed by atoms with E-state index in [1.165, 1.54) is 12.1 Å². The summed E-state index contributed by atoms with van der Waals surface area (Å²) in [6.07, 6.45) is 5.09. The van der Waals surface area contributed by atoms with Gasteiger partial charge in [-0.3, -0.25) is 19.3 Å². The highest BCUT2D eigenvalue weighted by Gasteiger charge is 2.39. The molecule has 0 heterocycles. The predicted octanol–water partition coefficient (Wildman–Crippen LogP) is 4.43. The number of nitrogens with two attached hydrogens (primary N) is 1. The molecule has 3 N–H and O–H groups in total. The van der Waals surface area contributed by atoms with Gasteiger partial charge in [-0.15, -0.1) is 0 Å². The Labute approximate surface area is 207 Å². The van der Waals surface area contributed by atoms with Gasteiger partial charge in [-0.1, -0.05) is 56.5 Å². The average Bonchev–Trinajstić information content (AvgIpc) is 2.84. The lowest BCUT2D eigenvalue weighted by molar-refractivity contribution is -0.147. The molecule has 3 atom stereocenters. The molecule has 1 aliphatic rings. The average molecular weight is 565 g/mol. The summed E-state index contributed by atoms with van der Waals surface area (Å²) in [5.74, 6) is -2.39. The SMILES string of the molecule is C[C@@H](c1ccccc1)C(C(=O)Nc1ccc(I)cc1F)N(C=O)C(=O)[C@H](N)C1CCCCC1. The number of hydrogen-bond acceptors (Lipinski definition) is 4. The van der Waals surface area contributed by atoms with Crippen molar-refractivity contribution in [3.8, 4) is 0 Å². The molecule has 0 bridgehead atoms. The van der Waals surface area contributed by atoms with Gasteiger partial charge < -0.3 is 11.1 Å². The summed E-state index contributed by atoms with van der Waals surface area (Å²) in [5.41, 5.74) is 7.05. The van der Waals surface area contributed by atoms with E-state index in [0.29, 0.717) is 9.98 Å². The monoisotopic (exact) mass is 565 g/mol. The largest absolute Gasteiger partial charge is 0.322 e. The van der Waals surface area contributed by atoms with E-state index in [2.05, 4.69) is 5.32 Å². The van der Waals surface area contributed by atoms with Crippen LogP contribution >= 0.6 is 22.6 Å². The first kappa shape index (κ1) is 25.3. The summed E-state index contributed by atoms with van der Waals surface area (Å²) < 4.78 is 15.1. The number of rotatable bonds is 8. The van der Waals surface area contributed by atoms with E-state index in [4.69, 9.17) is 5.73 Å². The minimum absolute atomic E-state index is 0.0134. The number of halogens is 2. The Kier molecular flexibility index (Phi) is 8.96. The Morgan fingerprint density at radius 3 is 2.42 bits per heavy atom. The molecule has 176 valence electrons. The fourth-order valence-electron chi connectivity index (χ4n) is 4.45. The van der Waals surface area contributed by atoms with Gasteiger partial charge in [0.1, 0.15) is 11.9 Å². The van der Waals surface area contributed by atoms with Crippen molar-refractivity contribution in [2.45, 2.75) is 57.0 Å². The number of carbonyl (C=O) groups is 3. The highest BCUT2D eigenvalue weighted by Crippen LogP contribution is 2.29. The van der Waals surface area contributed by atoms with Crippen molar-refractivity contribution < 1.29 is 18.8 Å². The zero-order chi connectivity index (χ0) is 24.0. The quantitative estimate of drug-likeness (QED) is 0.366. The summed E-state index contributed by atoms with van der Waals surface area (Å²) in [5, 5.41) is 2.57. The minimum Gasteiger partial charge on any atom is -0.322 e. The maximum Gasteiger partial charge on any atom is 0.248 e. The maximum absolute atomic E-state index is 14.4. The van der Waals surface area contributed by atoms with Crippen molar-refractivity contribution in [3.05, 3.63) is 63.5 Å². The Morgan fingerprint density at radius 2 is 1.82 bits per heavy atom. The maximum atomic E-state index is 14.4. The summed E-state index contributed by atoms with van der Waals surface area (Å²) in [4.78, 5) is 39.8. The van der Waals surface area contributed by atoms with Gasteiger partial charge in [0.05, 0.1) is 11.7 Å². The van der Waals surface area contributed by atoms with Crippen LogP contribution in [-0.2, 0) is 14.4 Å². The normalized spacial score (nSPS) is 17.0. The molecule has 2 aromatic rings. The van der Waals surface area contributed by atoms with Crippen LogP contribution in [0.3, 0.4) is 0 Å². The Morgan fingerprint density at radius 1 is 1.15 bits per heavy atom. The van der Waals surface area contributed by atoms with Gasteiger partial charge >= 0.3 is 0 Å². The first-order valence-corrected chi connectivity index (χ1v) is 12.2. The Hall–Kier alpha value is -2.33. The van der Waals surface area contributed by atoms with Crippen LogP contribution in [-0.4, -0.2) is 35.2 Å². The third kappa shape index (κ3) is 6.17. The van der Waals surface area contributed by atoms with Crippen molar-refractivity contribution in [1.29, 1.82) is 0 Å². The van der Waals surface area contributed by atoms with Crippen LogP contribution in [0.25, 0.3) is 0 Å². The fraction of sp³-hybridized carbons (Fsp3) is 0.400. The van der Waals surface area contributed by atoms with Gasteiger partial charge in [0.25, 0.3) is 0 Å². The molecule has 3 amide bonds. The van der Waals surface area contributed by atoms with Gasteiger partial charge in [-0.2, -0.15) is 0 Å². The van der Waals surface area contributed by atoms with Crippen LogP contribution in [0.5, 0.6) is 0 Å². The van der Waals surface area contributed by atoms with Crippen LogP contribution in [0.1, 0.15) is 50.5 Å². The highest BCUT2D eigenvalue weighted by atomic mass is 127. The van der Waals surface area contributed by atoms with Crippen LogP contribution in [0.4, 0.5) is 10.1 Å². The zero-order valence-corrected chi connectivity index (χ0v) is 20.7. The van der Waals surface area contributed by atoms with Crippen molar-refractivity contribution in [2.24, 2.45) is 11.7 Å². The molecule has 1 unspecified atom stereocenters. The third-order valence-electron chi connectivity index (χ3n) is 6.37. The molecule has 0 aromatic heterocycles. The topological polar surface area (TPSA) is 92.5 Å². The van der Waals surface area contributed by atoms with E-state index in [1.807, 2.05) is 52.9 Å². The van der Waals surface area contributed by atoms with E-state index in [-0.39, 0.29) is 11.6 Å². The first-order chi connectivity index (χ1) is 15.8. The smallest absolute Gasteiger partial charge is 0.248 e. The molecule has 1 fully saturated rings. The van der Waals surface area contributed by atoms with Gasteiger partial charge in [0.2, 0.25) is 18.2 Å². The van der Waals surface area contributed by atoms with Gasteiger partial charge in [-0.05, 0) is 65.1 Å². The van der Waals surface area contributed by atoms with Crippen molar-refractivity contribution in [1.82, 2.24) is 4.90 Å². The van der Waals surface area contributed by atoms with Crippen LogP contribution < -0.4 is 11.1 Å². The number of anilines is 1. The molecule has 1 saturated carbocycles. The molecule has 33 heavy (non-hydrogen) atoms. The zero-order valence-electron chi connectivity index (χ0n) is 18.5. The Balaban J connectivity index is 1.92. The lowest BCUT2D eigenvalue weighted by Gasteiger charge is -2.35. The second kappa shape index (κ2) is 11.7. The molecule has 0 radical (unpaired) electrons. The van der Waals surface area contributed by atoms with Gasteiger partial charge in [-0.25, -0.2) is 4.39 Å². The molecule has 0 saturated heterocycles. The summed E-state index contributed by atoms with van der Waals surface area (Å²) in [7, 11) is 0. The number of nitrogens with one attached hydrogen (secondary N) is 1. The molecule has 2 aromatic carbocycles. The third-order valence-corrected chi connectivity index (χ3v) is 7.04. The standard InChI is InChI=1S/C25H29FIN3O3/c1-16(17-8-4-2-5-9-17)23(24(32)29-21-13-12-19(27)14-20(21)26)30(15-31)25(33)22(28)18-10-6-3-7-11-18/h2,4-5,8-9,12-16,18,22-23H,3,6-7,10-11,28H2,1H3,(H,29,32)/t16-,22+,23?/m0/s1. The van der Waals surface area contributed by atoms with Crippen LogP contribution in [0, 0.1) is 15.3 Å². The van der Waals surface area contributed by atoms with Crippen molar-refractivity contribution in [2.75, 3.05) is 5.32 Å². The van der Waals surface area contributed by atoms with E-state index in [1.54, 1.807) is 13.0 Å². The molecule has 6 nitrogen and oxygen atoms in total. The summed E-state index contributed by atoms with van der Waals surface area (Å²) >= 11 is 1.98. The van der Waals surface area contributed by atoms with E-state index < -0.39 is 35.6 Å². The molecule has 1 aliphatic carbocycles. The molecule has 8 heteroatoms. The number of nitrogens with zero attached hydrogens (tertiary/aromatic N) is 1. The Bertz CT molecular complexity index is 982. The molecule has 3 rings (SSSR count). The number of imide groups is 1. The molecule has 0 aliphatic heterocycles. The first-order valence-electron chi connectivity index (χ1n) is 11.2. The molecular formula is C25H29FIN3O3. The van der Waals surface area contributed by atoms with Gasteiger partial charge in [0, 0.05) is 9.49 Å². The van der Waals surface area contributed by atoms with E-state index >= 15 is 0 Å². The molecular weight excluding hydrogens is 536 g/mol. The second-order valence-corrected chi connectivity index (χ2v) is 9.78. The summed E-state index contributed by atoms with van der Waals surface area (Å²) in [6, 6.07) is 11.5. The highest BCUT2D eigenvalue weighted by molar-refractivity contribution is 14.1. The van der Waals surface area contributed by atoms with Crippen molar-refractivity contribution >= 4 is 46.5 Å².